The van der Waals surface area contributed by atoms with Crippen molar-refractivity contribution in [2.45, 2.75) is 26.7 Å². The van der Waals surface area contributed by atoms with Crippen LogP contribution in [0.25, 0.3) is 0 Å². The van der Waals surface area contributed by atoms with Crippen molar-refractivity contribution < 1.29 is 4.79 Å². The monoisotopic (exact) mass is 184 g/mol. The van der Waals surface area contributed by atoms with Crippen LogP contribution < -0.4 is 5.73 Å². The first-order valence-corrected chi connectivity index (χ1v) is 4.61. The van der Waals surface area contributed by atoms with E-state index in [1.54, 1.807) is 0 Å². The van der Waals surface area contributed by atoms with Crippen LogP contribution >= 0.6 is 11.3 Å². The van der Waals surface area contributed by atoms with E-state index >= 15 is 0 Å². The van der Waals surface area contributed by atoms with Gasteiger partial charge in [-0.05, 0) is 6.92 Å². The molecule has 66 valence electrons. The molecule has 1 rings (SSSR count). The van der Waals surface area contributed by atoms with Crippen LogP contribution in [0.2, 0.25) is 0 Å². The first kappa shape index (κ1) is 9.19. The lowest BCUT2D eigenvalue weighted by Crippen LogP contribution is -2.09. The van der Waals surface area contributed by atoms with E-state index in [0.717, 1.165) is 10.7 Å². The zero-order valence-corrected chi connectivity index (χ0v) is 8.23. The van der Waals surface area contributed by atoms with E-state index in [4.69, 9.17) is 5.73 Å². The molecular weight excluding hydrogens is 172 g/mol. The van der Waals surface area contributed by atoms with E-state index in [-0.39, 0.29) is 5.91 Å². The molecule has 3 nitrogen and oxygen atoms in total. The van der Waals surface area contributed by atoms with Gasteiger partial charge in [-0.3, -0.25) is 4.79 Å². The molecule has 1 aromatic heterocycles. The second kappa shape index (κ2) is 3.23. The van der Waals surface area contributed by atoms with Gasteiger partial charge in [0.1, 0.15) is 4.88 Å². The number of carbonyl (C=O) groups is 1. The predicted molar refractivity (Wildman–Crippen MR) is 49.5 cm³/mol. The van der Waals surface area contributed by atoms with Gasteiger partial charge in [0.15, 0.2) is 0 Å². The van der Waals surface area contributed by atoms with E-state index in [0.29, 0.717) is 10.8 Å². The van der Waals surface area contributed by atoms with Gasteiger partial charge in [-0.25, -0.2) is 4.98 Å². The molecule has 0 atom stereocenters. The van der Waals surface area contributed by atoms with Gasteiger partial charge in [0.2, 0.25) is 0 Å². The lowest BCUT2D eigenvalue weighted by Gasteiger charge is -1.94. The minimum Gasteiger partial charge on any atom is -0.365 e. The maximum absolute atomic E-state index is 10.9. The third kappa shape index (κ3) is 1.64. The molecular formula is C8H12N2OS. The number of rotatable bonds is 2. The summed E-state index contributed by atoms with van der Waals surface area (Å²) in [6.07, 6.45) is 0. The van der Waals surface area contributed by atoms with Gasteiger partial charge in [0.25, 0.3) is 5.91 Å². The summed E-state index contributed by atoms with van der Waals surface area (Å²) in [5.41, 5.74) is 5.91. The molecule has 0 bridgehead atoms. The van der Waals surface area contributed by atoms with Crippen molar-refractivity contribution in [3.8, 4) is 0 Å². The van der Waals surface area contributed by atoms with Crippen molar-refractivity contribution in [3.05, 3.63) is 15.6 Å². The number of thiazole rings is 1. The minimum absolute atomic E-state index is 0.363. The van der Waals surface area contributed by atoms with Crippen LogP contribution in [0.3, 0.4) is 0 Å². The van der Waals surface area contributed by atoms with Gasteiger partial charge in [-0.15, -0.1) is 11.3 Å². The Morgan fingerprint density at radius 3 is 2.42 bits per heavy atom. The molecule has 2 N–H and O–H groups in total. The summed E-state index contributed by atoms with van der Waals surface area (Å²) in [4.78, 5) is 15.7. The second-order valence-electron chi connectivity index (χ2n) is 2.99. The lowest BCUT2D eigenvalue weighted by molar-refractivity contribution is 0.100. The molecule has 0 fully saturated rings. The second-order valence-corrected chi connectivity index (χ2v) is 4.02. The van der Waals surface area contributed by atoms with Crippen LogP contribution in [0.1, 0.15) is 40.1 Å². The first-order chi connectivity index (χ1) is 5.52. The summed E-state index contributed by atoms with van der Waals surface area (Å²) in [5, 5.41) is 0.973. The standard InChI is InChI=1S/C8H12N2OS/c1-4(2)8-10-5(3)6(12-8)7(9)11/h4H,1-3H3,(H2,9,11). The third-order valence-corrected chi connectivity index (χ3v) is 3.00. The molecule has 1 aromatic rings. The molecule has 1 heterocycles. The molecule has 0 aromatic carbocycles. The number of nitrogens with two attached hydrogens (primary N) is 1. The van der Waals surface area contributed by atoms with E-state index in [1.807, 2.05) is 20.8 Å². The van der Waals surface area contributed by atoms with Crippen molar-refractivity contribution in [1.29, 1.82) is 0 Å². The number of nitrogens with zero attached hydrogens (tertiary/aromatic N) is 1. The highest BCUT2D eigenvalue weighted by Gasteiger charge is 2.13. The van der Waals surface area contributed by atoms with Crippen LogP contribution in [0, 0.1) is 6.92 Å². The Morgan fingerprint density at radius 2 is 2.17 bits per heavy atom. The van der Waals surface area contributed by atoms with Crippen molar-refractivity contribution in [1.82, 2.24) is 4.98 Å². The van der Waals surface area contributed by atoms with Crippen LogP contribution in [-0.2, 0) is 0 Å². The van der Waals surface area contributed by atoms with E-state index in [2.05, 4.69) is 4.98 Å². The normalized spacial score (nSPS) is 10.7. The molecule has 1 amide bonds. The Morgan fingerprint density at radius 1 is 1.58 bits per heavy atom. The fourth-order valence-electron chi connectivity index (χ4n) is 0.893. The summed E-state index contributed by atoms with van der Waals surface area (Å²) < 4.78 is 0. The molecule has 4 heteroatoms. The van der Waals surface area contributed by atoms with Gasteiger partial charge in [0, 0.05) is 5.92 Å². The highest BCUT2D eigenvalue weighted by Crippen LogP contribution is 2.23. The number of aryl methyl sites for hydroxylation is 1. The molecule has 0 saturated carbocycles. The number of carbonyl (C=O) groups excluding carboxylic acids is 1. The smallest absolute Gasteiger partial charge is 0.260 e. The largest absolute Gasteiger partial charge is 0.365 e. The Hall–Kier alpha value is -0.900. The third-order valence-electron chi connectivity index (χ3n) is 1.53. The lowest BCUT2D eigenvalue weighted by atomic mass is 10.2. The van der Waals surface area contributed by atoms with Gasteiger partial charge < -0.3 is 5.73 Å². The zero-order chi connectivity index (χ0) is 9.30. The Bertz CT molecular complexity index is 304. The van der Waals surface area contributed by atoms with Crippen LogP contribution in [0.5, 0.6) is 0 Å². The molecule has 0 spiro atoms. The average molecular weight is 184 g/mol. The molecule has 0 unspecified atom stereocenters. The molecule has 0 aliphatic carbocycles. The van der Waals surface area contributed by atoms with Crippen molar-refractivity contribution >= 4 is 17.2 Å². The highest BCUT2D eigenvalue weighted by molar-refractivity contribution is 7.13. The van der Waals surface area contributed by atoms with Crippen LogP contribution in [0.15, 0.2) is 0 Å². The summed E-state index contributed by atoms with van der Waals surface area (Å²) >= 11 is 1.39. The topological polar surface area (TPSA) is 56.0 Å². The number of hydrogen-bond acceptors (Lipinski definition) is 3. The van der Waals surface area contributed by atoms with Crippen LogP contribution in [-0.4, -0.2) is 10.9 Å². The zero-order valence-electron chi connectivity index (χ0n) is 7.42. The van der Waals surface area contributed by atoms with E-state index < -0.39 is 0 Å². The molecule has 0 aliphatic heterocycles. The summed E-state index contributed by atoms with van der Waals surface area (Å²) in [6.45, 7) is 5.90. The summed E-state index contributed by atoms with van der Waals surface area (Å²) in [7, 11) is 0. The van der Waals surface area contributed by atoms with Gasteiger partial charge in [-0.2, -0.15) is 0 Å². The maximum Gasteiger partial charge on any atom is 0.260 e. The maximum atomic E-state index is 10.9. The van der Waals surface area contributed by atoms with Crippen molar-refractivity contribution in [2.24, 2.45) is 5.73 Å². The van der Waals surface area contributed by atoms with Crippen LogP contribution in [0.4, 0.5) is 0 Å². The van der Waals surface area contributed by atoms with Crippen molar-refractivity contribution in [3.63, 3.8) is 0 Å². The predicted octanol–water partition coefficient (Wildman–Crippen LogP) is 1.67. The van der Waals surface area contributed by atoms with Gasteiger partial charge in [0.05, 0.1) is 10.7 Å². The van der Waals surface area contributed by atoms with E-state index in [1.165, 1.54) is 11.3 Å². The number of hydrogen-bond donors (Lipinski definition) is 1. The number of amides is 1. The Kier molecular flexibility index (Phi) is 2.47. The number of primary amides is 1. The average Bonchev–Trinajstić information content (AvgIpc) is 2.30. The quantitative estimate of drug-likeness (QED) is 0.760. The fourth-order valence-corrected chi connectivity index (χ4v) is 1.81. The van der Waals surface area contributed by atoms with Gasteiger partial charge in [-0.1, -0.05) is 13.8 Å². The van der Waals surface area contributed by atoms with Gasteiger partial charge >= 0.3 is 0 Å². The Labute approximate surface area is 75.6 Å². The molecule has 0 saturated heterocycles. The highest BCUT2D eigenvalue weighted by atomic mass is 32.1. The Balaban J connectivity index is 3.09. The summed E-state index contributed by atoms with van der Waals surface area (Å²) in [5.74, 6) is -0.0151. The SMILES string of the molecule is Cc1nc(C(C)C)sc1C(N)=O. The molecule has 12 heavy (non-hydrogen) atoms. The van der Waals surface area contributed by atoms with Crippen molar-refractivity contribution in [2.75, 3.05) is 0 Å². The first-order valence-electron chi connectivity index (χ1n) is 3.79. The number of aromatic nitrogens is 1. The minimum atomic E-state index is -0.378. The molecule has 0 aliphatic rings. The summed E-state index contributed by atoms with van der Waals surface area (Å²) in [6, 6.07) is 0. The molecule has 0 radical (unpaired) electrons. The fraction of sp³-hybridized carbons (Fsp3) is 0.500. The van der Waals surface area contributed by atoms with E-state index in [9.17, 15) is 4.79 Å².